The van der Waals surface area contributed by atoms with E-state index in [4.69, 9.17) is 25.8 Å². The van der Waals surface area contributed by atoms with Crippen LogP contribution in [0.4, 0.5) is 10.5 Å². The zero-order chi connectivity index (χ0) is 24.9. The summed E-state index contributed by atoms with van der Waals surface area (Å²) in [4.78, 5) is 41.7. The predicted octanol–water partition coefficient (Wildman–Crippen LogP) is 3.85. The number of rotatable bonds is 9. The van der Waals surface area contributed by atoms with Crippen molar-refractivity contribution in [3.63, 3.8) is 0 Å². The first kappa shape index (κ1) is 24.8. The lowest BCUT2D eigenvalue weighted by atomic mass is 10.00. The number of methoxy groups -OCH3 is 1. The van der Waals surface area contributed by atoms with Crippen molar-refractivity contribution in [1.82, 2.24) is 10.3 Å². The lowest BCUT2D eigenvalue weighted by molar-refractivity contribution is 0.0920. The van der Waals surface area contributed by atoms with Gasteiger partial charge >= 0.3 is 6.09 Å². The number of nitrogens with one attached hydrogen (secondary N) is 2. The molecule has 1 fully saturated rings. The van der Waals surface area contributed by atoms with E-state index in [0.29, 0.717) is 33.6 Å². The summed E-state index contributed by atoms with van der Waals surface area (Å²) in [6.07, 6.45) is 0.584. The van der Waals surface area contributed by atoms with Crippen LogP contribution in [0.5, 0.6) is 5.75 Å². The second-order valence-electron chi connectivity index (χ2n) is 7.82. The van der Waals surface area contributed by atoms with Gasteiger partial charge in [0.15, 0.2) is 5.75 Å². The fourth-order valence-electron chi connectivity index (χ4n) is 3.73. The molecule has 0 unspecified atom stereocenters. The Labute approximate surface area is 210 Å². The van der Waals surface area contributed by atoms with E-state index in [9.17, 15) is 14.4 Å². The average Bonchev–Trinajstić information content (AvgIpc) is 3.44. The first-order chi connectivity index (χ1) is 16.9. The Kier molecular flexibility index (Phi) is 7.74. The van der Waals surface area contributed by atoms with Gasteiger partial charge in [-0.25, -0.2) is 4.79 Å². The number of H-pyrrole nitrogens is 1. The number of carbonyl (C=O) groups excluding carboxylic acids is 2. The summed E-state index contributed by atoms with van der Waals surface area (Å²) < 4.78 is 16.6. The lowest BCUT2D eigenvalue weighted by Crippen LogP contribution is -2.34. The molecule has 0 radical (unpaired) electrons. The van der Waals surface area contributed by atoms with E-state index >= 15 is 0 Å². The zero-order valence-electron chi connectivity index (χ0n) is 19.1. The Balaban J connectivity index is 1.46. The van der Waals surface area contributed by atoms with E-state index in [1.165, 1.54) is 16.2 Å². The third kappa shape index (κ3) is 5.67. The van der Waals surface area contributed by atoms with Crippen LogP contribution in [-0.2, 0) is 9.47 Å². The number of amides is 2. The molecule has 1 aromatic carbocycles. The van der Waals surface area contributed by atoms with E-state index in [2.05, 4.69) is 10.3 Å². The molecule has 1 saturated heterocycles. The summed E-state index contributed by atoms with van der Waals surface area (Å²) in [6, 6.07) is 10.6. The van der Waals surface area contributed by atoms with Gasteiger partial charge in [-0.1, -0.05) is 17.7 Å². The van der Waals surface area contributed by atoms with Crippen LogP contribution in [0.15, 0.2) is 47.4 Å². The van der Waals surface area contributed by atoms with Crippen LogP contribution in [0.3, 0.4) is 0 Å². The van der Waals surface area contributed by atoms with Gasteiger partial charge in [0, 0.05) is 24.6 Å². The quantitative estimate of drug-likeness (QED) is 0.417. The fourth-order valence-corrected chi connectivity index (χ4v) is 4.69. The highest BCUT2D eigenvalue weighted by Crippen LogP contribution is 2.33. The van der Waals surface area contributed by atoms with Crippen molar-refractivity contribution in [2.45, 2.75) is 13.0 Å². The maximum Gasteiger partial charge on any atom is 0.414 e. The summed E-state index contributed by atoms with van der Waals surface area (Å²) in [6.45, 7) is 2.96. The van der Waals surface area contributed by atoms with Gasteiger partial charge in [-0.15, -0.1) is 11.3 Å². The second kappa shape index (κ2) is 10.9. The van der Waals surface area contributed by atoms with Gasteiger partial charge in [-0.2, -0.15) is 0 Å². The maximum atomic E-state index is 12.5. The molecule has 3 heterocycles. The van der Waals surface area contributed by atoms with Crippen molar-refractivity contribution in [1.29, 1.82) is 0 Å². The predicted molar refractivity (Wildman–Crippen MR) is 134 cm³/mol. The Morgan fingerprint density at radius 1 is 1.23 bits per heavy atom. The number of thiophene rings is 1. The summed E-state index contributed by atoms with van der Waals surface area (Å²) >= 11 is 7.06. The van der Waals surface area contributed by atoms with E-state index in [1.54, 1.807) is 37.6 Å². The van der Waals surface area contributed by atoms with E-state index < -0.39 is 12.2 Å². The van der Waals surface area contributed by atoms with Crippen LogP contribution in [0, 0.1) is 6.92 Å². The number of hydrogen-bond acceptors (Lipinski definition) is 7. The van der Waals surface area contributed by atoms with Gasteiger partial charge in [0.05, 0.1) is 28.9 Å². The number of hydrogen-bond donors (Lipinski definition) is 2. The summed E-state index contributed by atoms with van der Waals surface area (Å²) in [5, 5.41) is 2.77. The molecule has 11 heteroatoms. The monoisotopic (exact) mass is 517 g/mol. The first-order valence-electron chi connectivity index (χ1n) is 10.8. The van der Waals surface area contributed by atoms with E-state index in [-0.39, 0.29) is 30.4 Å². The highest BCUT2D eigenvalue weighted by atomic mass is 35.5. The molecule has 1 atom stereocenters. The molecular weight excluding hydrogens is 494 g/mol. The maximum absolute atomic E-state index is 12.5. The molecule has 184 valence electrons. The molecule has 0 aliphatic carbocycles. The number of halogens is 1. The van der Waals surface area contributed by atoms with Gasteiger partial charge in [-0.05, 0) is 48.4 Å². The van der Waals surface area contributed by atoms with Crippen molar-refractivity contribution >= 4 is 40.6 Å². The number of carbonyl (C=O) groups is 2. The topological polar surface area (TPSA) is 110 Å². The molecule has 0 saturated carbocycles. The van der Waals surface area contributed by atoms with Gasteiger partial charge < -0.3 is 24.5 Å². The SMILES string of the molecule is COCCOc1c(-c2ccc(N3C[C@H](CNC(=O)c4ccc(Cl)s4)OC3=O)cc2C)cc[nH]c1=O. The van der Waals surface area contributed by atoms with Crippen molar-refractivity contribution in [3.05, 3.63) is 67.7 Å². The van der Waals surface area contributed by atoms with Crippen LogP contribution >= 0.6 is 22.9 Å². The first-order valence-corrected chi connectivity index (χ1v) is 12.0. The van der Waals surface area contributed by atoms with Crippen LogP contribution in [0.25, 0.3) is 11.1 Å². The molecule has 9 nitrogen and oxygen atoms in total. The number of aromatic amines is 1. The van der Waals surface area contributed by atoms with Gasteiger partial charge in [0.1, 0.15) is 12.7 Å². The van der Waals surface area contributed by atoms with Gasteiger partial charge in [-0.3, -0.25) is 14.5 Å². The summed E-state index contributed by atoms with van der Waals surface area (Å²) in [5.41, 5.74) is 2.62. The van der Waals surface area contributed by atoms with Crippen molar-refractivity contribution in [2.24, 2.45) is 0 Å². The normalized spacial score (nSPS) is 15.2. The third-order valence-electron chi connectivity index (χ3n) is 5.42. The van der Waals surface area contributed by atoms with Gasteiger partial charge in [0.2, 0.25) is 0 Å². The molecule has 35 heavy (non-hydrogen) atoms. The lowest BCUT2D eigenvalue weighted by Gasteiger charge is -2.17. The third-order valence-corrected chi connectivity index (χ3v) is 6.65. The Bertz CT molecular complexity index is 1290. The molecule has 0 spiro atoms. The number of benzene rings is 1. The van der Waals surface area contributed by atoms with E-state index in [1.807, 2.05) is 19.1 Å². The largest absolute Gasteiger partial charge is 0.485 e. The fraction of sp³-hybridized carbons (Fsp3) is 0.292. The number of ether oxygens (including phenoxy) is 3. The minimum atomic E-state index is -0.490. The van der Waals surface area contributed by atoms with Crippen LogP contribution in [0.1, 0.15) is 15.2 Å². The molecule has 1 aliphatic rings. The Morgan fingerprint density at radius 3 is 2.77 bits per heavy atom. The molecule has 1 aliphatic heterocycles. The zero-order valence-corrected chi connectivity index (χ0v) is 20.7. The van der Waals surface area contributed by atoms with Crippen molar-refractivity contribution in [3.8, 4) is 16.9 Å². The Morgan fingerprint density at radius 2 is 2.06 bits per heavy atom. The number of aryl methyl sites for hydroxylation is 1. The smallest absolute Gasteiger partial charge is 0.414 e. The summed E-state index contributed by atoms with van der Waals surface area (Å²) in [5.74, 6) is -0.0539. The molecule has 0 bridgehead atoms. The highest BCUT2D eigenvalue weighted by molar-refractivity contribution is 7.18. The number of pyridine rings is 1. The highest BCUT2D eigenvalue weighted by Gasteiger charge is 2.33. The molecule has 2 amide bonds. The Hall–Kier alpha value is -3.34. The number of nitrogens with zero attached hydrogens (tertiary/aromatic N) is 1. The minimum absolute atomic E-state index is 0.183. The van der Waals surface area contributed by atoms with Crippen LogP contribution < -0.4 is 20.5 Å². The molecule has 2 N–H and O–H groups in total. The van der Waals surface area contributed by atoms with Crippen LogP contribution in [0.2, 0.25) is 4.34 Å². The number of anilines is 1. The molecule has 2 aromatic heterocycles. The second-order valence-corrected chi connectivity index (χ2v) is 9.54. The van der Waals surface area contributed by atoms with Crippen LogP contribution in [-0.4, -0.2) is 56.5 Å². The van der Waals surface area contributed by atoms with Gasteiger partial charge in [0.25, 0.3) is 11.5 Å². The average molecular weight is 518 g/mol. The summed E-state index contributed by atoms with van der Waals surface area (Å²) in [7, 11) is 1.56. The molecule has 4 rings (SSSR count). The number of aromatic nitrogens is 1. The standard InChI is InChI=1S/C24H24ClN3O6S/c1-14-11-15(3-4-17(14)18-7-8-26-23(30)21(18)33-10-9-32-2)28-13-16(34-24(28)31)12-27-22(29)19-5-6-20(25)35-19/h3-8,11,16H,9-10,12-13H2,1-2H3,(H,26,30)(H,27,29)/t16-/m0/s1. The number of cyclic esters (lactones) is 1. The minimum Gasteiger partial charge on any atom is -0.485 e. The van der Waals surface area contributed by atoms with Crippen molar-refractivity contribution in [2.75, 3.05) is 38.3 Å². The molecular formula is C24H24ClN3O6S. The molecule has 3 aromatic rings. The van der Waals surface area contributed by atoms with E-state index in [0.717, 1.165) is 11.1 Å². The van der Waals surface area contributed by atoms with Crippen molar-refractivity contribution < 1.29 is 23.8 Å².